The summed E-state index contributed by atoms with van der Waals surface area (Å²) in [7, 11) is 0. The number of benzene rings is 1. The molecule has 1 atom stereocenters. The van der Waals surface area contributed by atoms with E-state index in [2.05, 4.69) is 60.7 Å². The van der Waals surface area contributed by atoms with Gasteiger partial charge in [-0.2, -0.15) is 0 Å². The van der Waals surface area contributed by atoms with Gasteiger partial charge in [-0.15, -0.1) is 11.3 Å². The predicted octanol–water partition coefficient (Wildman–Crippen LogP) is 4.57. The molecule has 0 spiro atoms. The van der Waals surface area contributed by atoms with Gasteiger partial charge >= 0.3 is 0 Å². The van der Waals surface area contributed by atoms with E-state index < -0.39 is 0 Å². The molecule has 0 amide bonds. The van der Waals surface area contributed by atoms with Crippen LogP contribution in [0.2, 0.25) is 0 Å². The lowest BCUT2D eigenvalue weighted by Crippen LogP contribution is -2.21. The Balaban J connectivity index is 2.20. The predicted molar refractivity (Wildman–Crippen MR) is 80.2 cm³/mol. The van der Waals surface area contributed by atoms with Gasteiger partial charge in [-0.05, 0) is 31.9 Å². The number of rotatable bonds is 4. The molecule has 0 bridgehead atoms. The average molecular weight is 260 g/mol. The van der Waals surface area contributed by atoms with Gasteiger partial charge in [0, 0.05) is 22.7 Å². The van der Waals surface area contributed by atoms with E-state index in [-0.39, 0.29) is 0 Å². The standard InChI is InChI=1S/C15H20N2S/c1-10(2)11(3)16-14-7-5-6-13(8-14)15-9-18-12(4)17-15/h5-11,16H,1-4H3. The molecule has 2 rings (SSSR count). The van der Waals surface area contributed by atoms with Crippen LogP contribution in [0.15, 0.2) is 29.6 Å². The highest BCUT2D eigenvalue weighted by molar-refractivity contribution is 7.09. The lowest BCUT2D eigenvalue weighted by molar-refractivity contribution is 0.560. The molecule has 0 aliphatic carbocycles. The van der Waals surface area contributed by atoms with Gasteiger partial charge in [-0.25, -0.2) is 4.98 Å². The van der Waals surface area contributed by atoms with Crippen molar-refractivity contribution in [2.75, 3.05) is 5.32 Å². The average Bonchev–Trinajstić information content (AvgIpc) is 2.76. The molecule has 1 aromatic heterocycles. The fraction of sp³-hybridized carbons (Fsp3) is 0.400. The van der Waals surface area contributed by atoms with Crippen LogP contribution in [0, 0.1) is 12.8 Å². The van der Waals surface area contributed by atoms with Crippen molar-refractivity contribution in [3.05, 3.63) is 34.7 Å². The number of thiazole rings is 1. The Morgan fingerprint density at radius 3 is 2.61 bits per heavy atom. The molecule has 0 radical (unpaired) electrons. The highest BCUT2D eigenvalue weighted by Gasteiger charge is 2.08. The summed E-state index contributed by atoms with van der Waals surface area (Å²) in [6, 6.07) is 8.95. The van der Waals surface area contributed by atoms with E-state index in [0.717, 1.165) is 10.7 Å². The molecule has 2 nitrogen and oxygen atoms in total. The summed E-state index contributed by atoms with van der Waals surface area (Å²) in [6.07, 6.45) is 0. The minimum Gasteiger partial charge on any atom is -0.382 e. The summed E-state index contributed by atoms with van der Waals surface area (Å²) in [5, 5.41) is 6.76. The second-order valence-corrected chi connectivity index (χ2v) is 6.07. The maximum atomic E-state index is 4.53. The van der Waals surface area contributed by atoms with Gasteiger partial charge in [0.15, 0.2) is 0 Å². The molecular weight excluding hydrogens is 240 g/mol. The van der Waals surface area contributed by atoms with Gasteiger partial charge in [0.05, 0.1) is 10.7 Å². The second-order valence-electron chi connectivity index (χ2n) is 5.01. The van der Waals surface area contributed by atoms with E-state index in [1.54, 1.807) is 11.3 Å². The number of aromatic nitrogens is 1. The first-order valence-corrected chi connectivity index (χ1v) is 7.23. The fourth-order valence-electron chi connectivity index (χ4n) is 1.69. The van der Waals surface area contributed by atoms with E-state index in [9.17, 15) is 0 Å². The van der Waals surface area contributed by atoms with Gasteiger partial charge in [0.1, 0.15) is 0 Å². The normalized spacial score (nSPS) is 12.7. The largest absolute Gasteiger partial charge is 0.382 e. The summed E-state index contributed by atoms with van der Waals surface area (Å²) >= 11 is 1.69. The monoisotopic (exact) mass is 260 g/mol. The minimum absolute atomic E-state index is 0.470. The Morgan fingerprint density at radius 2 is 2.00 bits per heavy atom. The quantitative estimate of drug-likeness (QED) is 0.870. The third kappa shape index (κ3) is 3.10. The molecule has 96 valence electrons. The molecule has 1 N–H and O–H groups in total. The van der Waals surface area contributed by atoms with Gasteiger partial charge in [-0.3, -0.25) is 0 Å². The molecule has 1 aromatic carbocycles. The molecule has 0 saturated heterocycles. The van der Waals surface area contributed by atoms with Crippen LogP contribution in [0.5, 0.6) is 0 Å². The zero-order chi connectivity index (χ0) is 13.1. The van der Waals surface area contributed by atoms with Crippen LogP contribution in [0.25, 0.3) is 11.3 Å². The number of hydrogen-bond acceptors (Lipinski definition) is 3. The Labute approximate surface area is 113 Å². The second kappa shape index (κ2) is 5.53. The molecule has 1 unspecified atom stereocenters. The summed E-state index contributed by atoms with van der Waals surface area (Å²) in [6.45, 7) is 8.71. The van der Waals surface area contributed by atoms with Crippen molar-refractivity contribution in [2.45, 2.75) is 33.7 Å². The third-order valence-corrected chi connectivity index (χ3v) is 3.95. The highest BCUT2D eigenvalue weighted by Crippen LogP contribution is 2.24. The Hall–Kier alpha value is -1.35. The van der Waals surface area contributed by atoms with Crippen molar-refractivity contribution in [3.63, 3.8) is 0 Å². The van der Waals surface area contributed by atoms with E-state index in [1.807, 2.05) is 6.92 Å². The molecule has 0 saturated carbocycles. The topological polar surface area (TPSA) is 24.9 Å². The van der Waals surface area contributed by atoms with Crippen LogP contribution >= 0.6 is 11.3 Å². The summed E-state index contributed by atoms with van der Waals surface area (Å²) in [5.41, 5.74) is 3.41. The SMILES string of the molecule is Cc1nc(-c2cccc(NC(C)C(C)C)c2)cs1. The van der Waals surface area contributed by atoms with E-state index >= 15 is 0 Å². The molecule has 18 heavy (non-hydrogen) atoms. The van der Waals surface area contributed by atoms with Crippen molar-refractivity contribution in [1.82, 2.24) is 4.98 Å². The number of anilines is 1. The molecule has 0 fully saturated rings. The van der Waals surface area contributed by atoms with Crippen molar-refractivity contribution >= 4 is 17.0 Å². The number of aryl methyl sites for hydroxylation is 1. The third-order valence-electron chi connectivity index (χ3n) is 3.17. The molecule has 3 heteroatoms. The molecular formula is C15H20N2S. The van der Waals surface area contributed by atoms with Crippen molar-refractivity contribution < 1.29 is 0 Å². The smallest absolute Gasteiger partial charge is 0.0901 e. The summed E-state index contributed by atoms with van der Waals surface area (Å²) in [4.78, 5) is 4.53. The van der Waals surface area contributed by atoms with Crippen LogP contribution in [-0.2, 0) is 0 Å². The summed E-state index contributed by atoms with van der Waals surface area (Å²) in [5.74, 6) is 0.621. The molecule has 0 aliphatic rings. The van der Waals surface area contributed by atoms with Gasteiger partial charge < -0.3 is 5.32 Å². The maximum absolute atomic E-state index is 4.53. The first kappa shape index (κ1) is 13.1. The van der Waals surface area contributed by atoms with Gasteiger partial charge in [0.2, 0.25) is 0 Å². The zero-order valence-corrected chi connectivity index (χ0v) is 12.2. The van der Waals surface area contributed by atoms with E-state index in [0.29, 0.717) is 12.0 Å². The Bertz CT molecular complexity index is 517. The Kier molecular flexibility index (Phi) is 4.02. The van der Waals surface area contributed by atoms with Crippen LogP contribution in [0.4, 0.5) is 5.69 Å². The van der Waals surface area contributed by atoms with Crippen molar-refractivity contribution in [3.8, 4) is 11.3 Å². The van der Waals surface area contributed by atoms with Crippen molar-refractivity contribution in [2.24, 2.45) is 5.92 Å². The van der Waals surface area contributed by atoms with Crippen LogP contribution < -0.4 is 5.32 Å². The first-order chi connectivity index (χ1) is 8.56. The van der Waals surface area contributed by atoms with Crippen LogP contribution in [0.3, 0.4) is 0 Å². The van der Waals surface area contributed by atoms with Crippen LogP contribution in [-0.4, -0.2) is 11.0 Å². The maximum Gasteiger partial charge on any atom is 0.0901 e. The van der Waals surface area contributed by atoms with Crippen LogP contribution in [0.1, 0.15) is 25.8 Å². The minimum atomic E-state index is 0.470. The van der Waals surface area contributed by atoms with Crippen molar-refractivity contribution in [1.29, 1.82) is 0 Å². The molecule has 0 aliphatic heterocycles. The first-order valence-electron chi connectivity index (χ1n) is 6.35. The van der Waals surface area contributed by atoms with Gasteiger partial charge in [0.25, 0.3) is 0 Å². The highest BCUT2D eigenvalue weighted by atomic mass is 32.1. The number of nitrogens with one attached hydrogen (secondary N) is 1. The van der Waals surface area contributed by atoms with E-state index in [4.69, 9.17) is 0 Å². The van der Waals surface area contributed by atoms with Gasteiger partial charge in [-0.1, -0.05) is 26.0 Å². The lowest BCUT2D eigenvalue weighted by atomic mass is 10.1. The number of hydrogen-bond donors (Lipinski definition) is 1. The zero-order valence-electron chi connectivity index (χ0n) is 11.4. The van der Waals surface area contributed by atoms with E-state index in [1.165, 1.54) is 11.3 Å². The lowest BCUT2D eigenvalue weighted by Gasteiger charge is -2.19. The molecule has 1 heterocycles. The molecule has 2 aromatic rings. The number of nitrogens with zero attached hydrogens (tertiary/aromatic N) is 1. The fourth-order valence-corrected chi connectivity index (χ4v) is 2.32. The Morgan fingerprint density at radius 1 is 1.22 bits per heavy atom. The summed E-state index contributed by atoms with van der Waals surface area (Å²) < 4.78 is 0.